The first-order chi connectivity index (χ1) is 14.7. The number of nitrogens with zero attached hydrogens (tertiary/aromatic N) is 1. The van der Waals surface area contributed by atoms with Gasteiger partial charge in [0.05, 0.1) is 11.4 Å². The Morgan fingerprint density at radius 1 is 0.903 bits per heavy atom. The normalized spacial score (nSPS) is 14.6. The minimum Gasteiger partial charge on any atom is -0.406 e. The number of allylic oxidation sites excluding steroid dienone is 1. The second kappa shape index (κ2) is 7.75. The summed E-state index contributed by atoms with van der Waals surface area (Å²) in [6.45, 7) is 1.40. The van der Waals surface area contributed by atoms with Crippen molar-refractivity contribution in [1.29, 1.82) is 0 Å². The molecule has 0 atom stereocenters. The van der Waals surface area contributed by atoms with Gasteiger partial charge in [-0.15, -0.1) is 13.2 Å². The van der Waals surface area contributed by atoms with Gasteiger partial charge < -0.3 is 4.74 Å². The maximum Gasteiger partial charge on any atom is 0.573 e. The number of fused-ring (bicyclic) bond motifs is 1. The summed E-state index contributed by atoms with van der Waals surface area (Å²) in [6, 6.07) is 19.6. The Kier molecular flexibility index (Phi) is 5.10. The molecule has 0 fully saturated rings. The molecule has 1 aliphatic rings. The van der Waals surface area contributed by atoms with E-state index in [1.165, 1.54) is 36.1 Å². The lowest BCUT2D eigenvalue weighted by atomic mass is 10.0. The fourth-order valence-corrected chi connectivity index (χ4v) is 3.48. The monoisotopic (exact) mass is 423 g/mol. The number of amides is 1. The van der Waals surface area contributed by atoms with Crippen molar-refractivity contribution in [3.8, 4) is 16.9 Å². The van der Waals surface area contributed by atoms with Gasteiger partial charge in [-0.1, -0.05) is 48.5 Å². The molecule has 0 saturated carbocycles. The summed E-state index contributed by atoms with van der Waals surface area (Å²) < 4.78 is 40.8. The van der Waals surface area contributed by atoms with E-state index in [9.17, 15) is 22.8 Å². The number of rotatable bonds is 3. The number of halogens is 3. The van der Waals surface area contributed by atoms with Gasteiger partial charge in [-0.05, 0) is 47.0 Å². The van der Waals surface area contributed by atoms with Gasteiger partial charge in [0.15, 0.2) is 0 Å². The highest BCUT2D eigenvalue weighted by Crippen LogP contribution is 2.35. The molecule has 0 spiro atoms. The highest BCUT2D eigenvalue weighted by Gasteiger charge is 2.34. The first kappa shape index (κ1) is 20.4. The van der Waals surface area contributed by atoms with Crippen molar-refractivity contribution in [2.24, 2.45) is 0 Å². The Bertz CT molecular complexity index is 1180. The van der Waals surface area contributed by atoms with Crippen molar-refractivity contribution < 1.29 is 27.5 Å². The zero-order valence-electron chi connectivity index (χ0n) is 16.3. The molecule has 0 radical (unpaired) electrons. The molecule has 0 bridgehead atoms. The van der Waals surface area contributed by atoms with E-state index in [0.717, 1.165) is 5.56 Å². The molecule has 0 N–H and O–H groups in total. The summed E-state index contributed by atoms with van der Waals surface area (Å²) in [5, 5.41) is 0. The summed E-state index contributed by atoms with van der Waals surface area (Å²) in [4.78, 5) is 26.3. The van der Waals surface area contributed by atoms with Crippen LogP contribution in [0, 0.1) is 0 Å². The second-order valence-electron chi connectivity index (χ2n) is 6.92. The van der Waals surface area contributed by atoms with E-state index < -0.39 is 6.36 Å². The molecule has 156 valence electrons. The van der Waals surface area contributed by atoms with Crippen LogP contribution in [-0.4, -0.2) is 18.1 Å². The molecule has 7 heteroatoms. The molecule has 4 nitrogen and oxygen atoms in total. The molecule has 1 heterocycles. The van der Waals surface area contributed by atoms with Crippen LogP contribution in [0.25, 0.3) is 17.2 Å². The van der Waals surface area contributed by atoms with Crippen molar-refractivity contribution in [1.82, 2.24) is 0 Å². The number of alkyl halides is 3. The van der Waals surface area contributed by atoms with Crippen molar-refractivity contribution >= 4 is 23.5 Å². The van der Waals surface area contributed by atoms with Crippen LogP contribution in [0.1, 0.15) is 22.8 Å². The van der Waals surface area contributed by atoms with Crippen molar-refractivity contribution in [3.63, 3.8) is 0 Å². The van der Waals surface area contributed by atoms with Crippen LogP contribution in [-0.2, 0) is 4.79 Å². The third kappa shape index (κ3) is 4.21. The number of para-hydroxylation sites is 1. The van der Waals surface area contributed by atoms with Crippen LogP contribution in [0.2, 0.25) is 0 Å². The Morgan fingerprint density at radius 2 is 1.48 bits per heavy atom. The molecule has 4 rings (SSSR count). The smallest absolute Gasteiger partial charge is 0.406 e. The molecule has 1 aliphatic heterocycles. The zero-order valence-corrected chi connectivity index (χ0v) is 16.3. The topological polar surface area (TPSA) is 46.6 Å². The molecule has 0 aliphatic carbocycles. The summed E-state index contributed by atoms with van der Waals surface area (Å²) in [6.07, 6.45) is -3.09. The number of hydrogen-bond acceptors (Lipinski definition) is 3. The number of hydrogen-bond donors (Lipinski definition) is 0. The predicted molar refractivity (Wildman–Crippen MR) is 110 cm³/mol. The van der Waals surface area contributed by atoms with Gasteiger partial charge in [-0.25, -0.2) is 0 Å². The second-order valence-corrected chi connectivity index (χ2v) is 6.92. The molecule has 3 aromatic carbocycles. The zero-order chi connectivity index (χ0) is 22.2. The lowest BCUT2D eigenvalue weighted by molar-refractivity contribution is -0.274. The van der Waals surface area contributed by atoms with Crippen LogP contribution in [0.15, 0.2) is 78.5 Å². The van der Waals surface area contributed by atoms with Crippen LogP contribution in [0.4, 0.5) is 18.9 Å². The number of ketones is 1. The van der Waals surface area contributed by atoms with E-state index in [0.29, 0.717) is 22.4 Å². The highest BCUT2D eigenvalue weighted by atomic mass is 19.4. The SMILES string of the molecule is CC(=O)N1C(=Cc2ccc(-c3ccc(OC(F)(F)F)cc3)cc2)C(=O)c2ccccc21. The van der Waals surface area contributed by atoms with Gasteiger partial charge in [-0.3, -0.25) is 14.5 Å². The van der Waals surface area contributed by atoms with Gasteiger partial charge in [0.25, 0.3) is 0 Å². The average Bonchev–Trinajstić information content (AvgIpc) is 3.00. The Balaban J connectivity index is 1.59. The van der Waals surface area contributed by atoms with E-state index in [1.807, 2.05) is 0 Å². The number of carbonyl (C=O) groups is 2. The van der Waals surface area contributed by atoms with Gasteiger partial charge in [-0.2, -0.15) is 0 Å². The Morgan fingerprint density at radius 3 is 2.06 bits per heavy atom. The van der Waals surface area contributed by atoms with E-state index in [-0.39, 0.29) is 23.1 Å². The Labute approximate surface area is 176 Å². The molecular formula is C24H16F3NO3. The Hall–Kier alpha value is -3.87. The molecule has 0 aromatic heterocycles. The minimum absolute atomic E-state index is 0.227. The van der Waals surface area contributed by atoms with Crippen LogP contribution >= 0.6 is 0 Å². The number of benzene rings is 3. The van der Waals surface area contributed by atoms with Gasteiger partial charge in [0.2, 0.25) is 11.7 Å². The number of carbonyl (C=O) groups excluding carboxylic acids is 2. The fourth-order valence-electron chi connectivity index (χ4n) is 3.48. The van der Waals surface area contributed by atoms with Gasteiger partial charge in [0.1, 0.15) is 5.75 Å². The minimum atomic E-state index is -4.73. The average molecular weight is 423 g/mol. The van der Waals surface area contributed by atoms with Crippen molar-refractivity contribution in [2.45, 2.75) is 13.3 Å². The highest BCUT2D eigenvalue weighted by molar-refractivity contribution is 6.26. The lowest BCUT2D eigenvalue weighted by Gasteiger charge is -2.16. The molecule has 3 aromatic rings. The summed E-state index contributed by atoms with van der Waals surface area (Å²) in [5.74, 6) is -0.779. The predicted octanol–water partition coefficient (Wildman–Crippen LogP) is 5.84. The summed E-state index contributed by atoms with van der Waals surface area (Å²) in [7, 11) is 0. The van der Waals surface area contributed by atoms with Crippen LogP contribution in [0.5, 0.6) is 5.75 Å². The number of anilines is 1. The first-order valence-electron chi connectivity index (χ1n) is 9.35. The van der Waals surface area contributed by atoms with E-state index >= 15 is 0 Å². The first-order valence-corrected chi connectivity index (χ1v) is 9.35. The standard InChI is InChI=1S/C24H16F3NO3/c1-15(29)28-21-5-3-2-4-20(21)23(30)22(28)14-16-6-8-17(9-7-16)18-10-12-19(13-11-18)31-24(25,26)27/h2-14H,1H3. The third-order valence-electron chi connectivity index (χ3n) is 4.81. The molecule has 31 heavy (non-hydrogen) atoms. The van der Waals surface area contributed by atoms with Gasteiger partial charge >= 0.3 is 6.36 Å². The third-order valence-corrected chi connectivity index (χ3v) is 4.81. The fraction of sp³-hybridized carbons (Fsp3) is 0.0833. The quantitative estimate of drug-likeness (QED) is 0.497. The molecule has 1 amide bonds. The van der Waals surface area contributed by atoms with Crippen molar-refractivity contribution in [3.05, 3.63) is 89.6 Å². The lowest BCUT2D eigenvalue weighted by Crippen LogP contribution is -2.25. The van der Waals surface area contributed by atoms with E-state index in [1.54, 1.807) is 54.6 Å². The maximum atomic E-state index is 12.8. The summed E-state index contributed by atoms with van der Waals surface area (Å²) >= 11 is 0. The summed E-state index contributed by atoms with van der Waals surface area (Å²) in [5.41, 5.74) is 3.51. The number of Topliss-reactive ketones (excluding diaryl/α,β-unsaturated/α-hetero) is 1. The van der Waals surface area contributed by atoms with E-state index in [2.05, 4.69) is 4.74 Å². The van der Waals surface area contributed by atoms with Crippen molar-refractivity contribution in [2.75, 3.05) is 4.90 Å². The molecule has 0 unspecified atom stereocenters. The van der Waals surface area contributed by atoms with Gasteiger partial charge in [0, 0.05) is 12.5 Å². The van der Waals surface area contributed by atoms with Crippen LogP contribution < -0.4 is 9.64 Å². The van der Waals surface area contributed by atoms with Crippen LogP contribution in [0.3, 0.4) is 0 Å². The molecular weight excluding hydrogens is 407 g/mol. The number of ether oxygens (including phenoxy) is 1. The maximum absolute atomic E-state index is 12.8. The molecule has 0 saturated heterocycles. The van der Waals surface area contributed by atoms with E-state index in [4.69, 9.17) is 0 Å². The largest absolute Gasteiger partial charge is 0.573 e.